The van der Waals surface area contributed by atoms with Gasteiger partial charge in [0, 0.05) is 35.7 Å². The zero-order valence-corrected chi connectivity index (χ0v) is 27.8. The zero-order valence-electron chi connectivity index (χ0n) is 26.2. The molecule has 0 fully saturated rings. The van der Waals surface area contributed by atoms with Gasteiger partial charge in [0.1, 0.15) is 5.69 Å². The fourth-order valence-corrected chi connectivity index (χ4v) is 4.80. The van der Waals surface area contributed by atoms with Gasteiger partial charge >= 0.3 is 0 Å². The molecular weight excluding hydrogens is 615 g/mol. The summed E-state index contributed by atoms with van der Waals surface area (Å²) in [4.78, 5) is 17.6. The van der Waals surface area contributed by atoms with Crippen molar-refractivity contribution < 1.29 is 17.7 Å². The smallest absolute Gasteiger partial charge is 0.273 e. The van der Waals surface area contributed by atoms with Crippen LogP contribution < -0.4 is 33.7 Å². The van der Waals surface area contributed by atoms with E-state index in [2.05, 4.69) is 112 Å². The number of rotatable bonds is 8. The highest BCUT2D eigenvalue weighted by Gasteiger charge is 2.11. The zero-order chi connectivity index (χ0) is 30.7. The minimum absolute atomic E-state index is 0. The standard InChI is InChI=1S/2C18H18N4.2ClH/c2*1-13-10-14(2)12-16(11-13)22-18-17(19-8-9-20-18)21-15-6-4-3-5-7-15;;/h2*3-12H,1-2H3,(H,19,21)(H,20,22);2*1H. The molecule has 0 radical (unpaired) electrons. The highest BCUT2D eigenvalue weighted by Crippen LogP contribution is 2.25. The van der Waals surface area contributed by atoms with Crippen molar-refractivity contribution in [2.24, 2.45) is 0 Å². The van der Waals surface area contributed by atoms with Gasteiger partial charge in [0.2, 0.25) is 5.82 Å². The van der Waals surface area contributed by atoms with Crippen molar-refractivity contribution >= 4 is 58.4 Å². The third kappa shape index (κ3) is 10.6. The molecule has 2 heterocycles. The molecule has 0 atom stereocenters. The van der Waals surface area contributed by atoms with Crippen molar-refractivity contribution in [3.05, 3.63) is 144 Å². The van der Waals surface area contributed by atoms with E-state index in [4.69, 9.17) is 0 Å². The number of aryl methyl sites for hydroxylation is 4. The molecule has 0 bridgehead atoms. The second kappa shape index (κ2) is 17.5. The summed E-state index contributed by atoms with van der Waals surface area (Å²) >= 11 is 0. The van der Waals surface area contributed by atoms with Gasteiger partial charge < -0.3 is 28.4 Å². The van der Waals surface area contributed by atoms with Crippen LogP contribution in [0.5, 0.6) is 0 Å². The van der Waals surface area contributed by atoms with Gasteiger partial charge in [-0.3, -0.25) is 5.32 Å². The quantitative estimate of drug-likeness (QED) is 0.164. The number of aromatic nitrogens is 4. The van der Waals surface area contributed by atoms with Crippen LogP contribution in [0.3, 0.4) is 0 Å². The van der Waals surface area contributed by atoms with Gasteiger partial charge in [0.15, 0.2) is 11.6 Å². The number of para-hydroxylation sites is 2. The molecule has 4 aromatic carbocycles. The maximum atomic E-state index is 4.43. The predicted octanol–water partition coefficient (Wildman–Crippen LogP) is 5.37. The molecule has 6 rings (SSSR count). The van der Waals surface area contributed by atoms with Crippen molar-refractivity contribution in [2.75, 3.05) is 16.0 Å². The topological polar surface area (TPSA) is 104 Å². The molecule has 8 nitrogen and oxygen atoms in total. The monoisotopic (exact) mass is 652 g/mol. The van der Waals surface area contributed by atoms with Crippen molar-refractivity contribution in [2.45, 2.75) is 27.7 Å². The summed E-state index contributed by atoms with van der Waals surface area (Å²) in [7, 11) is 0. The highest BCUT2D eigenvalue weighted by atomic mass is 35.5. The minimum atomic E-state index is 0. The van der Waals surface area contributed by atoms with Gasteiger partial charge in [-0.25, -0.2) is 15.0 Å². The summed E-state index contributed by atoms with van der Waals surface area (Å²) in [6.07, 6.45) is 6.77. The summed E-state index contributed by atoms with van der Waals surface area (Å²) in [5, 5.41) is 12.0. The summed E-state index contributed by atoms with van der Waals surface area (Å²) in [5.41, 5.74) is 8.99. The molecule has 0 amide bonds. The number of quaternary nitrogens is 1. The molecule has 0 saturated heterocycles. The number of nitrogens with one attached hydrogen (secondary N) is 3. The lowest BCUT2D eigenvalue weighted by Gasteiger charge is -2.12. The van der Waals surface area contributed by atoms with Gasteiger partial charge in [0.05, 0.1) is 6.20 Å². The Balaban J connectivity index is 0.000000240. The first kappa shape index (κ1) is 35.5. The molecular formula is C36H38Cl2N8. The van der Waals surface area contributed by atoms with E-state index in [1.54, 1.807) is 24.8 Å². The number of hydrogen-bond donors (Lipinski definition) is 4. The third-order valence-corrected chi connectivity index (χ3v) is 6.53. The molecule has 46 heavy (non-hydrogen) atoms. The Labute approximate surface area is 283 Å². The largest absolute Gasteiger partial charge is 1.00 e. The van der Waals surface area contributed by atoms with Crippen molar-refractivity contribution in [1.29, 1.82) is 0 Å². The van der Waals surface area contributed by atoms with Crippen LogP contribution in [0.4, 0.5) is 46.0 Å². The van der Waals surface area contributed by atoms with Crippen LogP contribution in [-0.4, -0.2) is 19.9 Å². The first-order chi connectivity index (χ1) is 21.4. The first-order valence-corrected chi connectivity index (χ1v) is 14.5. The molecule has 6 aromatic rings. The van der Waals surface area contributed by atoms with Crippen LogP contribution >= 0.6 is 12.4 Å². The number of hydrogen-bond acceptors (Lipinski definition) is 7. The Bertz CT molecular complexity index is 1640. The van der Waals surface area contributed by atoms with Crippen molar-refractivity contribution in [3.8, 4) is 0 Å². The molecule has 0 aliphatic heterocycles. The summed E-state index contributed by atoms with van der Waals surface area (Å²) in [6, 6.07) is 32.8. The lowest BCUT2D eigenvalue weighted by atomic mass is 10.1. The lowest BCUT2D eigenvalue weighted by Crippen LogP contribution is -3.00. The van der Waals surface area contributed by atoms with Crippen LogP contribution in [0.1, 0.15) is 22.3 Å². The Morgan fingerprint density at radius 1 is 0.457 bits per heavy atom. The Kier molecular flexibility index (Phi) is 13.5. The molecule has 0 saturated carbocycles. The van der Waals surface area contributed by atoms with Crippen LogP contribution in [0, 0.1) is 27.7 Å². The van der Waals surface area contributed by atoms with Crippen molar-refractivity contribution in [1.82, 2.24) is 19.9 Å². The van der Waals surface area contributed by atoms with Gasteiger partial charge in [-0.2, -0.15) is 4.98 Å². The van der Waals surface area contributed by atoms with Gasteiger partial charge in [-0.1, -0.05) is 48.5 Å². The van der Waals surface area contributed by atoms with Crippen molar-refractivity contribution in [3.63, 3.8) is 0 Å². The molecule has 2 aromatic heterocycles. The van der Waals surface area contributed by atoms with E-state index >= 15 is 0 Å². The molecule has 0 unspecified atom stereocenters. The van der Waals surface area contributed by atoms with Gasteiger partial charge in [-0.15, -0.1) is 12.4 Å². The van der Waals surface area contributed by atoms with E-state index in [0.717, 1.165) is 34.4 Å². The van der Waals surface area contributed by atoms with Crippen LogP contribution in [0.2, 0.25) is 0 Å². The predicted molar refractivity (Wildman–Crippen MR) is 187 cm³/mol. The van der Waals surface area contributed by atoms with E-state index in [1.165, 1.54) is 22.3 Å². The van der Waals surface area contributed by atoms with Gasteiger partial charge in [0.25, 0.3) is 5.82 Å². The lowest BCUT2D eigenvalue weighted by molar-refractivity contribution is -0.482. The maximum absolute atomic E-state index is 4.43. The maximum Gasteiger partial charge on any atom is 0.273 e. The Morgan fingerprint density at radius 3 is 1.35 bits per heavy atom. The Hall–Kier alpha value is -5.02. The number of benzene rings is 4. The number of nitrogens with two attached hydrogens (primary N) is 1. The second-order valence-electron chi connectivity index (χ2n) is 10.6. The van der Waals surface area contributed by atoms with E-state index in [0.29, 0.717) is 11.6 Å². The van der Waals surface area contributed by atoms with Crippen LogP contribution in [0.25, 0.3) is 0 Å². The summed E-state index contributed by atoms with van der Waals surface area (Å²) in [6.45, 7) is 8.34. The SMILES string of the molecule is Cc1cc(C)cc(Nc2nccnc2Nc2ccccc2)c1.Cc1cc(C)cc(Nc2nccnc2[NH2+]c2ccccc2)c1.Cl.[Cl-]. The summed E-state index contributed by atoms with van der Waals surface area (Å²) < 4.78 is 0. The highest BCUT2D eigenvalue weighted by molar-refractivity contribution is 5.85. The molecule has 0 aliphatic rings. The molecule has 10 heteroatoms. The van der Waals surface area contributed by atoms with E-state index in [9.17, 15) is 0 Å². The average molecular weight is 654 g/mol. The first-order valence-electron chi connectivity index (χ1n) is 14.5. The molecule has 236 valence electrons. The number of anilines is 6. The number of halogens is 2. The fraction of sp³-hybridized carbons (Fsp3) is 0.111. The van der Waals surface area contributed by atoms with Gasteiger partial charge in [-0.05, 0) is 98.5 Å². The van der Waals surface area contributed by atoms with E-state index in [1.807, 2.05) is 53.8 Å². The normalized spacial score (nSPS) is 9.91. The minimum Gasteiger partial charge on any atom is -1.00 e. The molecule has 0 spiro atoms. The summed E-state index contributed by atoms with van der Waals surface area (Å²) in [5.74, 6) is 2.99. The van der Waals surface area contributed by atoms with Crippen LogP contribution in [0.15, 0.2) is 122 Å². The molecule has 0 aliphatic carbocycles. The number of nitrogens with zero attached hydrogens (tertiary/aromatic N) is 4. The van der Waals surface area contributed by atoms with Crippen LogP contribution in [-0.2, 0) is 0 Å². The fourth-order valence-electron chi connectivity index (χ4n) is 4.80. The Morgan fingerprint density at radius 2 is 0.848 bits per heavy atom. The van der Waals surface area contributed by atoms with E-state index in [-0.39, 0.29) is 24.8 Å². The average Bonchev–Trinajstić information content (AvgIpc) is 3.00. The third-order valence-electron chi connectivity index (χ3n) is 6.53. The molecule has 5 N–H and O–H groups in total. The second-order valence-corrected chi connectivity index (χ2v) is 10.6. The van der Waals surface area contributed by atoms with E-state index < -0.39 is 0 Å².